The maximum absolute atomic E-state index is 11.1. The average molecular weight is 190 g/mol. The Bertz CT molecular complexity index is 193. The smallest absolute Gasteiger partial charge is 0.379 e. The molecule has 0 bridgehead atoms. The first-order valence-electron chi connectivity index (χ1n) is 4.04. The van der Waals surface area contributed by atoms with Gasteiger partial charge < -0.3 is 14.8 Å². The van der Waals surface area contributed by atoms with Crippen molar-refractivity contribution >= 4 is 5.97 Å². The molecule has 0 saturated heterocycles. The van der Waals surface area contributed by atoms with Gasteiger partial charge in [0.2, 0.25) is 5.28 Å². The van der Waals surface area contributed by atoms with Crippen LogP contribution in [0.2, 0.25) is 0 Å². The number of hydroxylamine groups is 1. The maximum Gasteiger partial charge on any atom is 0.379 e. The summed E-state index contributed by atoms with van der Waals surface area (Å²) in [7, 11) is 1.22. The molecule has 0 rings (SSSR count). The van der Waals surface area contributed by atoms with Gasteiger partial charge in [-0.25, -0.2) is 4.79 Å². The predicted octanol–water partition coefficient (Wildman–Crippen LogP) is 0.852. The topological polar surface area (TPSA) is 74.0 Å². The summed E-state index contributed by atoms with van der Waals surface area (Å²) in [5, 5.41) is 14.2. The molecule has 0 aliphatic rings. The van der Waals surface area contributed by atoms with Gasteiger partial charge in [0.15, 0.2) is 0 Å². The summed E-state index contributed by atoms with van der Waals surface area (Å²) >= 11 is 0. The van der Waals surface area contributed by atoms with Crippen LogP contribution in [0.3, 0.4) is 0 Å². The van der Waals surface area contributed by atoms with Crippen LogP contribution >= 0.6 is 0 Å². The highest BCUT2D eigenvalue weighted by molar-refractivity contribution is 5.73. The molecule has 0 aliphatic heterocycles. The van der Waals surface area contributed by atoms with Gasteiger partial charge in [0, 0.05) is 6.42 Å². The lowest BCUT2D eigenvalue weighted by molar-refractivity contribution is -0.583. The van der Waals surface area contributed by atoms with Gasteiger partial charge in [0.25, 0.3) is 6.04 Å². The van der Waals surface area contributed by atoms with Gasteiger partial charge in [-0.1, -0.05) is 6.92 Å². The zero-order valence-corrected chi connectivity index (χ0v) is 8.02. The molecule has 1 atom stereocenters. The number of ether oxygens (including phenoxy) is 1. The molecule has 13 heavy (non-hydrogen) atoms. The van der Waals surface area contributed by atoms with Crippen molar-refractivity contribution in [3.63, 3.8) is 0 Å². The summed E-state index contributed by atoms with van der Waals surface area (Å²) in [5.41, 5.74) is 0. The van der Waals surface area contributed by atoms with Crippen LogP contribution in [0.5, 0.6) is 0 Å². The zero-order valence-electron chi connectivity index (χ0n) is 8.02. The quantitative estimate of drug-likeness (QED) is 0.279. The van der Waals surface area contributed by atoms with E-state index in [-0.39, 0.29) is 11.5 Å². The van der Waals surface area contributed by atoms with Crippen molar-refractivity contribution in [2.45, 2.75) is 26.3 Å². The number of nitrogens with zero attached hydrogens (tertiary/aromatic N) is 2. The van der Waals surface area contributed by atoms with Crippen LogP contribution < -0.4 is 0 Å². The minimum Gasteiger partial charge on any atom is -0.597 e. The molecule has 0 aromatic carbocycles. The highest BCUT2D eigenvalue weighted by atomic mass is 16.7. The molecule has 0 fully saturated rings. The van der Waals surface area contributed by atoms with Gasteiger partial charge in [0.05, 0.1) is 7.11 Å². The fourth-order valence-corrected chi connectivity index (χ4v) is 0.721. The number of hydrogen-bond donors (Lipinski definition) is 0. The molecular formula is C7H14N2O4. The van der Waals surface area contributed by atoms with Crippen molar-refractivity contribution in [3.05, 3.63) is 5.21 Å². The number of carbonyl (C=O) groups is 1. The van der Waals surface area contributed by atoms with Gasteiger partial charge in [-0.3, -0.25) is 0 Å². The molecule has 6 nitrogen and oxygen atoms in total. The predicted molar refractivity (Wildman–Crippen MR) is 43.8 cm³/mol. The Morgan fingerprint density at radius 2 is 2.23 bits per heavy atom. The Hall–Kier alpha value is -1.33. The summed E-state index contributed by atoms with van der Waals surface area (Å²) in [4.78, 5) is 15.7. The standard InChI is InChI=1S/C7H14N2O4/c1-4-6(7(10)12-3)9(11)8-13-5-2/h6H,4-5H2,1-3H3/b9-8-. The van der Waals surface area contributed by atoms with Crippen molar-refractivity contribution in [3.8, 4) is 0 Å². The SMILES string of the molecule is CCO/N=[N+](\[O-])C(CC)C(=O)OC. The summed E-state index contributed by atoms with van der Waals surface area (Å²) in [6, 6.07) is -0.920. The molecule has 0 aromatic rings. The molecule has 0 saturated carbocycles. The van der Waals surface area contributed by atoms with Crippen molar-refractivity contribution in [2.75, 3.05) is 13.7 Å². The maximum atomic E-state index is 11.1. The molecule has 0 radical (unpaired) electrons. The van der Waals surface area contributed by atoms with Crippen molar-refractivity contribution in [1.29, 1.82) is 0 Å². The van der Waals surface area contributed by atoms with E-state index in [9.17, 15) is 10.0 Å². The van der Waals surface area contributed by atoms with Gasteiger partial charge in [0.1, 0.15) is 6.61 Å². The van der Waals surface area contributed by atoms with Crippen LogP contribution in [0.4, 0.5) is 0 Å². The van der Waals surface area contributed by atoms with Crippen LogP contribution in [0.25, 0.3) is 0 Å². The third kappa shape index (κ3) is 3.73. The summed E-state index contributed by atoms with van der Waals surface area (Å²) in [6.45, 7) is 3.67. The molecule has 0 aliphatic carbocycles. The van der Waals surface area contributed by atoms with E-state index in [1.165, 1.54) is 7.11 Å². The first-order chi connectivity index (χ1) is 6.17. The number of methoxy groups -OCH3 is 1. The summed E-state index contributed by atoms with van der Waals surface area (Å²) in [6.07, 6.45) is 0.326. The van der Waals surface area contributed by atoms with E-state index in [2.05, 4.69) is 14.9 Å². The normalized spacial score (nSPS) is 13.6. The molecule has 0 heterocycles. The van der Waals surface area contributed by atoms with Crippen LogP contribution in [-0.2, 0) is 14.4 Å². The minimum absolute atomic E-state index is 0.218. The van der Waals surface area contributed by atoms with Crippen LogP contribution in [0.1, 0.15) is 20.3 Å². The minimum atomic E-state index is -0.920. The second kappa shape index (κ2) is 6.22. The average Bonchev–Trinajstić information content (AvgIpc) is 2.15. The van der Waals surface area contributed by atoms with Gasteiger partial charge in [-0.2, -0.15) is 0 Å². The van der Waals surface area contributed by atoms with E-state index in [0.717, 1.165) is 0 Å². The summed E-state index contributed by atoms with van der Waals surface area (Å²) < 4.78 is 4.41. The molecule has 6 heteroatoms. The van der Waals surface area contributed by atoms with Crippen molar-refractivity contribution in [1.82, 2.24) is 0 Å². The molecule has 0 amide bonds. The van der Waals surface area contributed by atoms with Gasteiger partial charge in [-0.15, -0.1) is 0 Å². The lowest BCUT2D eigenvalue weighted by Crippen LogP contribution is -2.30. The Morgan fingerprint density at radius 1 is 1.62 bits per heavy atom. The van der Waals surface area contributed by atoms with E-state index in [4.69, 9.17) is 0 Å². The van der Waals surface area contributed by atoms with E-state index in [0.29, 0.717) is 6.42 Å². The van der Waals surface area contributed by atoms with Crippen LogP contribution in [0, 0.1) is 5.21 Å². The first kappa shape index (κ1) is 11.7. The Morgan fingerprint density at radius 3 is 2.62 bits per heavy atom. The third-order valence-electron chi connectivity index (χ3n) is 1.39. The second-order valence-corrected chi connectivity index (χ2v) is 2.25. The van der Waals surface area contributed by atoms with E-state index in [1.54, 1.807) is 13.8 Å². The van der Waals surface area contributed by atoms with Crippen LogP contribution in [0.15, 0.2) is 5.28 Å². The number of rotatable bonds is 5. The number of hydrogen-bond acceptors (Lipinski definition) is 5. The van der Waals surface area contributed by atoms with Crippen molar-refractivity contribution in [2.24, 2.45) is 5.28 Å². The fraction of sp³-hybridized carbons (Fsp3) is 0.857. The monoisotopic (exact) mass is 190 g/mol. The van der Waals surface area contributed by atoms with E-state index < -0.39 is 12.0 Å². The van der Waals surface area contributed by atoms with Gasteiger partial charge in [-0.05, 0) is 11.8 Å². The molecule has 1 unspecified atom stereocenters. The van der Waals surface area contributed by atoms with E-state index >= 15 is 0 Å². The molecule has 0 spiro atoms. The Balaban J connectivity index is 4.30. The van der Waals surface area contributed by atoms with Crippen molar-refractivity contribution < 1.29 is 19.2 Å². The highest BCUT2D eigenvalue weighted by Crippen LogP contribution is 2.00. The Kier molecular flexibility index (Phi) is 5.58. The van der Waals surface area contributed by atoms with Crippen LogP contribution in [-0.4, -0.2) is 30.6 Å². The first-order valence-corrected chi connectivity index (χ1v) is 4.04. The number of esters is 1. The number of carbonyl (C=O) groups excluding carboxylic acids is 1. The Labute approximate surface area is 76.7 Å². The third-order valence-corrected chi connectivity index (χ3v) is 1.39. The lowest BCUT2D eigenvalue weighted by atomic mass is 10.2. The highest BCUT2D eigenvalue weighted by Gasteiger charge is 2.27. The molecule has 0 N–H and O–H groups in total. The lowest BCUT2D eigenvalue weighted by Gasteiger charge is -2.08. The molecular weight excluding hydrogens is 176 g/mol. The fourth-order valence-electron chi connectivity index (χ4n) is 0.721. The molecule has 76 valence electrons. The zero-order chi connectivity index (χ0) is 10.3. The second-order valence-electron chi connectivity index (χ2n) is 2.25. The largest absolute Gasteiger partial charge is 0.597 e. The molecule has 0 aromatic heterocycles. The van der Waals surface area contributed by atoms with Gasteiger partial charge >= 0.3 is 5.97 Å². The van der Waals surface area contributed by atoms with E-state index in [1.807, 2.05) is 0 Å². The summed E-state index contributed by atoms with van der Waals surface area (Å²) in [5.74, 6) is -0.610.